The van der Waals surface area contributed by atoms with Gasteiger partial charge in [-0.3, -0.25) is 4.98 Å². The highest BCUT2D eigenvalue weighted by Gasteiger charge is 2.24. The van der Waals surface area contributed by atoms with Gasteiger partial charge in [0.25, 0.3) is 0 Å². The van der Waals surface area contributed by atoms with Gasteiger partial charge in [0.1, 0.15) is 4.90 Å². The molecule has 0 bridgehead atoms. The van der Waals surface area contributed by atoms with Gasteiger partial charge in [-0.15, -0.1) is 0 Å². The van der Waals surface area contributed by atoms with Crippen molar-refractivity contribution in [2.45, 2.75) is 31.7 Å². The van der Waals surface area contributed by atoms with Gasteiger partial charge in [0.2, 0.25) is 10.0 Å². The lowest BCUT2D eigenvalue weighted by molar-refractivity contribution is 0.426. The molecule has 96 valence electrons. The third-order valence-corrected chi connectivity index (χ3v) is 4.53. The number of hydrogen-bond acceptors (Lipinski definition) is 4. The second-order valence-electron chi connectivity index (χ2n) is 3.65. The lowest BCUT2D eigenvalue weighted by atomic mass is 10.3. The molecule has 1 heterocycles. The number of pyridine rings is 1. The molecule has 1 aromatic rings. The third-order valence-electron chi connectivity index (χ3n) is 2.49. The van der Waals surface area contributed by atoms with Crippen LogP contribution in [0.15, 0.2) is 23.2 Å². The Kier molecular flexibility index (Phi) is 5.04. The number of hydrogen-bond donors (Lipinski definition) is 1. The summed E-state index contributed by atoms with van der Waals surface area (Å²) in [5.74, 6) is 0. The van der Waals surface area contributed by atoms with Crippen molar-refractivity contribution in [3.63, 3.8) is 0 Å². The minimum atomic E-state index is -3.47. The predicted molar refractivity (Wildman–Crippen MR) is 66.9 cm³/mol. The molecule has 0 fully saturated rings. The van der Waals surface area contributed by atoms with Crippen LogP contribution in [-0.4, -0.2) is 30.8 Å². The Morgan fingerprint density at radius 3 is 2.65 bits per heavy atom. The number of nitrogens with two attached hydrogens (primary N) is 1. The van der Waals surface area contributed by atoms with E-state index in [9.17, 15) is 8.42 Å². The van der Waals surface area contributed by atoms with Crippen molar-refractivity contribution in [1.82, 2.24) is 9.29 Å². The Morgan fingerprint density at radius 2 is 2.12 bits per heavy atom. The van der Waals surface area contributed by atoms with E-state index in [2.05, 4.69) is 4.98 Å². The SMILES string of the molecule is CCCN(CC)S(=O)(=O)c1cccnc1CN. The first-order valence-electron chi connectivity index (χ1n) is 5.72. The topological polar surface area (TPSA) is 76.3 Å². The molecular formula is C11H19N3O2S. The molecule has 0 spiro atoms. The maximum atomic E-state index is 12.4. The van der Waals surface area contributed by atoms with Gasteiger partial charge >= 0.3 is 0 Å². The molecule has 0 aromatic carbocycles. The van der Waals surface area contributed by atoms with Gasteiger partial charge in [-0.2, -0.15) is 4.31 Å². The summed E-state index contributed by atoms with van der Waals surface area (Å²) in [6, 6.07) is 3.18. The molecule has 1 aromatic heterocycles. The van der Waals surface area contributed by atoms with E-state index in [1.54, 1.807) is 18.3 Å². The quantitative estimate of drug-likeness (QED) is 0.823. The van der Waals surface area contributed by atoms with Crippen LogP contribution in [0.4, 0.5) is 0 Å². The minimum Gasteiger partial charge on any atom is -0.325 e. The molecule has 1 rings (SSSR count). The average Bonchev–Trinajstić information content (AvgIpc) is 2.35. The molecule has 0 amide bonds. The van der Waals surface area contributed by atoms with E-state index in [1.807, 2.05) is 13.8 Å². The van der Waals surface area contributed by atoms with Gasteiger partial charge < -0.3 is 5.73 Å². The maximum Gasteiger partial charge on any atom is 0.244 e. The van der Waals surface area contributed by atoms with Gasteiger partial charge in [0.15, 0.2) is 0 Å². The second-order valence-corrected chi connectivity index (χ2v) is 5.56. The molecule has 0 saturated heterocycles. The van der Waals surface area contributed by atoms with Crippen LogP contribution in [0.25, 0.3) is 0 Å². The minimum absolute atomic E-state index is 0.124. The van der Waals surface area contributed by atoms with Crippen LogP contribution in [0.2, 0.25) is 0 Å². The average molecular weight is 257 g/mol. The van der Waals surface area contributed by atoms with E-state index in [-0.39, 0.29) is 11.4 Å². The fraction of sp³-hybridized carbons (Fsp3) is 0.545. The van der Waals surface area contributed by atoms with Crippen molar-refractivity contribution in [2.24, 2.45) is 5.73 Å². The molecule has 0 aliphatic rings. The largest absolute Gasteiger partial charge is 0.325 e. The number of aromatic nitrogens is 1. The molecule has 6 heteroatoms. The third kappa shape index (κ3) is 3.02. The second kappa shape index (κ2) is 6.09. The van der Waals surface area contributed by atoms with Crippen LogP contribution in [-0.2, 0) is 16.6 Å². The van der Waals surface area contributed by atoms with Gasteiger partial charge in [0, 0.05) is 25.8 Å². The molecule has 17 heavy (non-hydrogen) atoms. The summed E-state index contributed by atoms with van der Waals surface area (Å²) in [7, 11) is -3.47. The van der Waals surface area contributed by atoms with E-state index >= 15 is 0 Å². The van der Waals surface area contributed by atoms with Crippen molar-refractivity contribution < 1.29 is 8.42 Å². The van der Waals surface area contributed by atoms with Crippen molar-refractivity contribution in [2.75, 3.05) is 13.1 Å². The van der Waals surface area contributed by atoms with E-state index in [0.717, 1.165) is 6.42 Å². The van der Waals surface area contributed by atoms with Crippen molar-refractivity contribution in [3.05, 3.63) is 24.0 Å². The number of sulfonamides is 1. The summed E-state index contributed by atoms with van der Waals surface area (Å²) in [5.41, 5.74) is 5.94. The number of rotatable bonds is 6. The smallest absolute Gasteiger partial charge is 0.244 e. The Hall–Kier alpha value is -0.980. The van der Waals surface area contributed by atoms with Crippen molar-refractivity contribution in [1.29, 1.82) is 0 Å². The van der Waals surface area contributed by atoms with Gasteiger partial charge in [-0.05, 0) is 18.6 Å². The lowest BCUT2D eigenvalue weighted by Gasteiger charge is -2.20. The highest BCUT2D eigenvalue weighted by Crippen LogP contribution is 2.18. The van der Waals surface area contributed by atoms with Gasteiger partial charge in [0.05, 0.1) is 5.69 Å². The zero-order valence-electron chi connectivity index (χ0n) is 10.3. The first-order valence-corrected chi connectivity index (χ1v) is 7.16. The number of nitrogens with zero attached hydrogens (tertiary/aromatic N) is 2. The van der Waals surface area contributed by atoms with Crippen LogP contribution in [0.5, 0.6) is 0 Å². The van der Waals surface area contributed by atoms with Gasteiger partial charge in [-0.25, -0.2) is 8.42 Å². The zero-order valence-corrected chi connectivity index (χ0v) is 11.1. The fourth-order valence-corrected chi connectivity index (χ4v) is 3.37. The summed E-state index contributed by atoms with van der Waals surface area (Å²) in [6.45, 7) is 4.86. The Bertz CT molecular complexity index is 460. The molecule has 0 saturated carbocycles. The van der Waals surface area contributed by atoms with Crippen LogP contribution >= 0.6 is 0 Å². The summed E-state index contributed by atoms with van der Waals surface area (Å²) >= 11 is 0. The molecule has 0 unspecified atom stereocenters. The Labute approximate surface area is 103 Å². The molecule has 0 aliphatic heterocycles. The van der Waals surface area contributed by atoms with E-state index in [0.29, 0.717) is 18.8 Å². The molecular weight excluding hydrogens is 238 g/mol. The standard InChI is InChI=1S/C11H19N3O2S/c1-3-8-14(4-2)17(15,16)11-6-5-7-13-10(11)9-12/h5-7H,3-4,8-9,12H2,1-2H3. The summed E-state index contributed by atoms with van der Waals surface area (Å²) < 4.78 is 26.2. The van der Waals surface area contributed by atoms with E-state index in [1.165, 1.54) is 4.31 Å². The normalized spacial score (nSPS) is 12.0. The molecule has 0 aliphatic carbocycles. The Balaban J connectivity index is 3.20. The van der Waals surface area contributed by atoms with E-state index < -0.39 is 10.0 Å². The lowest BCUT2D eigenvalue weighted by Crippen LogP contribution is -2.32. The maximum absolute atomic E-state index is 12.4. The predicted octanol–water partition coefficient (Wildman–Crippen LogP) is 0.961. The van der Waals surface area contributed by atoms with Crippen molar-refractivity contribution in [3.8, 4) is 0 Å². The zero-order chi connectivity index (χ0) is 12.9. The summed E-state index contributed by atoms with van der Waals surface area (Å²) in [5, 5.41) is 0. The molecule has 5 nitrogen and oxygen atoms in total. The van der Waals surface area contributed by atoms with Crippen molar-refractivity contribution >= 4 is 10.0 Å². The summed E-state index contributed by atoms with van der Waals surface area (Å²) in [4.78, 5) is 4.23. The van der Waals surface area contributed by atoms with Gasteiger partial charge in [-0.1, -0.05) is 13.8 Å². The summed E-state index contributed by atoms with van der Waals surface area (Å²) in [6.07, 6.45) is 2.34. The molecule has 0 radical (unpaired) electrons. The van der Waals surface area contributed by atoms with E-state index in [4.69, 9.17) is 5.73 Å². The van der Waals surface area contributed by atoms with Crippen LogP contribution in [0.3, 0.4) is 0 Å². The first kappa shape index (κ1) is 14.1. The monoisotopic (exact) mass is 257 g/mol. The molecule has 0 atom stereocenters. The fourth-order valence-electron chi connectivity index (χ4n) is 1.65. The van der Waals surface area contributed by atoms with Crippen LogP contribution in [0, 0.1) is 0 Å². The molecule has 2 N–H and O–H groups in total. The highest BCUT2D eigenvalue weighted by molar-refractivity contribution is 7.89. The van der Waals surface area contributed by atoms with Crippen LogP contribution < -0.4 is 5.73 Å². The van der Waals surface area contributed by atoms with Crippen LogP contribution in [0.1, 0.15) is 26.0 Å². The highest BCUT2D eigenvalue weighted by atomic mass is 32.2. The first-order chi connectivity index (χ1) is 8.07. The Morgan fingerprint density at radius 1 is 1.41 bits per heavy atom.